The summed E-state index contributed by atoms with van der Waals surface area (Å²) in [4.78, 5) is 0. The molecule has 0 aromatic heterocycles. The maximum atomic E-state index is 6.49. The molecular formula is C12H26OSi3. The Balaban J connectivity index is 3.34. The third-order valence-corrected chi connectivity index (χ3v) is 42.1. The van der Waals surface area contributed by atoms with Crippen molar-refractivity contribution in [1.29, 1.82) is 0 Å². The molecule has 2 unspecified atom stereocenters. The summed E-state index contributed by atoms with van der Waals surface area (Å²) in [6, 6.07) is 1.22. The molecule has 1 rings (SSSR count). The van der Waals surface area contributed by atoms with E-state index in [1.807, 2.05) is 0 Å². The van der Waals surface area contributed by atoms with E-state index in [2.05, 4.69) is 64.6 Å². The molecule has 0 amide bonds. The molecule has 1 saturated heterocycles. The van der Waals surface area contributed by atoms with Crippen LogP contribution in [0.15, 0.2) is 24.6 Å². The zero-order valence-electron chi connectivity index (χ0n) is 11.7. The van der Waals surface area contributed by atoms with Gasteiger partial charge in [0.15, 0.2) is 7.83 Å². The van der Waals surface area contributed by atoms with Gasteiger partial charge in [0.05, 0.1) is 14.7 Å². The van der Waals surface area contributed by atoms with Crippen LogP contribution in [-0.2, 0) is 4.43 Å². The van der Waals surface area contributed by atoms with Gasteiger partial charge >= 0.3 is 0 Å². The van der Waals surface area contributed by atoms with Crippen molar-refractivity contribution < 1.29 is 4.43 Å². The summed E-state index contributed by atoms with van der Waals surface area (Å²) < 4.78 is 6.49. The van der Waals surface area contributed by atoms with Gasteiger partial charge in [-0.15, -0.1) is 18.9 Å². The van der Waals surface area contributed by atoms with Crippen molar-refractivity contribution in [2.75, 3.05) is 0 Å². The Bertz CT molecular complexity index is 296. The van der Waals surface area contributed by atoms with Crippen LogP contribution in [0.5, 0.6) is 0 Å². The summed E-state index contributed by atoms with van der Waals surface area (Å²) in [5.74, 6) is 0. The van der Waals surface area contributed by atoms with Crippen LogP contribution in [0.4, 0.5) is 0 Å². The van der Waals surface area contributed by atoms with Crippen molar-refractivity contribution >= 4 is 22.5 Å². The highest BCUT2D eigenvalue weighted by molar-refractivity contribution is 7.70. The minimum atomic E-state index is -1.74. The van der Waals surface area contributed by atoms with E-state index in [-0.39, 0.29) is 5.60 Å². The summed E-state index contributed by atoms with van der Waals surface area (Å²) in [6.45, 7) is 22.6. The molecule has 0 aromatic rings. The fraction of sp³-hybridized carbons (Fsp3) is 0.667. The molecule has 1 fully saturated rings. The van der Waals surface area contributed by atoms with Crippen LogP contribution >= 0.6 is 0 Å². The van der Waals surface area contributed by atoms with Gasteiger partial charge in [-0.2, -0.15) is 0 Å². The highest BCUT2D eigenvalue weighted by Crippen LogP contribution is 2.44. The fourth-order valence-corrected chi connectivity index (χ4v) is 33.3. The first-order valence-corrected chi connectivity index (χ1v) is 16.3. The van der Waals surface area contributed by atoms with E-state index in [0.717, 1.165) is 0 Å². The third kappa shape index (κ3) is 1.85. The van der Waals surface area contributed by atoms with Crippen molar-refractivity contribution in [3.63, 3.8) is 0 Å². The molecule has 0 bridgehead atoms. The molecule has 0 N–H and O–H groups in total. The third-order valence-electron chi connectivity index (χ3n) is 4.79. The van der Waals surface area contributed by atoms with Crippen molar-refractivity contribution in [2.45, 2.75) is 51.7 Å². The second kappa shape index (κ2) is 3.80. The number of hydrogen-bond acceptors (Lipinski definition) is 1. The maximum absolute atomic E-state index is 6.49. The zero-order chi connectivity index (χ0) is 12.8. The van der Waals surface area contributed by atoms with E-state index in [1.165, 1.54) is 6.04 Å². The molecule has 92 valence electrons. The molecule has 1 nitrogen and oxygen atoms in total. The zero-order valence-corrected chi connectivity index (χ0v) is 14.7. The minimum absolute atomic E-state index is 0.0207. The lowest BCUT2D eigenvalue weighted by Gasteiger charge is -2.57. The second-order valence-corrected chi connectivity index (χ2v) is 31.7. The molecule has 1 heterocycles. The summed E-state index contributed by atoms with van der Waals surface area (Å²) in [5.41, 5.74) is 4.51. The van der Waals surface area contributed by atoms with Crippen molar-refractivity contribution in [2.24, 2.45) is 0 Å². The van der Waals surface area contributed by atoms with Crippen molar-refractivity contribution in [3.05, 3.63) is 24.6 Å². The molecule has 16 heavy (non-hydrogen) atoms. The van der Waals surface area contributed by atoms with E-state index >= 15 is 0 Å². The molecule has 1 aliphatic heterocycles. The highest BCUT2D eigenvalue weighted by Gasteiger charge is 2.62. The van der Waals surface area contributed by atoms with E-state index < -0.39 is 22.5 Å². The first kappa shape index (κ1) is 14.2. The standard InChI is InChI=1S/C12H26OSi3/c1-9-15(7)11-12(3,4)13-16(8,10-2)14(15,5)6/h9-10H,1-2,11H2,3-8H3. The van der Waals surface area contributed by atoms with Gasteiger partial charge in [-0.25, -0.2) is 0 Å². The lowest BCUT2D eigenvalue weighted by molar-refractivity contribution is 0.124. The fourth-order valence-electron chi connectivity index (χ4n) is 3.03. The Kier molecular flexibility index (Phi) is 3.36. The SMILES string of the molecule is C=C[Si]1(C)CC(C)(C)O[Si](C)(C=C)[Si]1(C)C. The average molecular weight is 271 g/mol. The Morgan fingerprint density at radius 3 is 1.94 bits per heavy atom. The Labute approximate surface area is 103 Å². The topological polar surface area (TPSA) is 9.23 Å². The van der Waals surface area contributed by atoms with Crippen LogP contribution in [0.1, 0.15) is 13.8 Å². The second-order valence-electron chi connectivity index (χ2n) is 6.60. The van der Waals surface area contributed by atoms with Crippen LogP contribution in [0, 0.1) is 0 Å². The molecule has 0 radical (unpaired) electrons. The van der Waals surface area contributed by atoms with E-state index in [0.29, 0.717) is 0 Å². The summed E-state index contributed by atoms with van der Waals surface area (Å²) >= 11 is 0. The first-order valence-electron chi connectivity index (χ1n) is 6.01. The number of rotatable bonds is 2. The lowest BCUT2D eigenvalue weighted by atomic mass is 10.2. The largest absolute Gasteiger partial charge is 0.412 e. The van der Waals surface area contributed by atoms with E-state index in [9.17, 15) is 0 Å². The summed E-state index contributed by atoms with van der Waals surface area (Å²) in [5, 5.41) is 0. The molecule has 2 atom stereocenters. The molecule has 0 aliphatic carbocycles. The van der Waals surface area contributed by atoms with Crippen LogP contribution < -0.4 is 0 Å². The molecule has 1 aliphatic rings. The van der Waals surface area contributed by atoms with Gasteiger partial charge in [-0.3, -0.25) is 0 Å². The van der Waals surface area contributed by atoms with Gasteiger partial charge in [0.1, 0.15) is 0 Å². The lowest BCUT2D eigenvalue weighted by Crippen LogP contribution is -2.78. The molecular weight excluding hydrogens is 244 g/mol. The predicted octanol–water partition coefficient (Wildman–Crippen LogP) is 3.76. The predicted molar refractivity (Wildman–Crippen MR) is 81.1 cm³/mol. The first-order chi connectivity index (χ1) is 7.04. The summed E-state index contributed by atoms with van der Waals surface area (Å²) in [6.07, 6.45) is 0. The minimum Gasteiger partial charge on any atom is -0.412 e. The maximum Gasteiger partial charge on any atom is 0.197 e. The van der Waals surface area contributed by atoms with Crippen molar-refractivity contribution in [1.82, 2.24) is 0 Å². The molecule has 0 saturated carbocycles. The van der Waals surface area contributed by atoms with Gasteiger partial charge in [0, 0.05) is 5.60 Å². The van der Waals surface area contributed by atoms with E-state index in [1.54, 1.807) is 0 Å². The average Bonchev–Trinajstić information content (AvgIpc) is 2.13. The number of hydrogen-bond donors (Lipinski definition) is 0. The Morgan fingerprint density at radius 1 is 1.06 bits per heavy atom. The molecule has 0 spiro atoms. The van der Waals surface area contributed by atoms with Crippen molar-refractivity contribution in [3.8, 4) is 0 Å². The quantitative estimate of drug-likeness (QED) is 0.694. The normalized spacial score (nSPS) is 41.4. The van der Waals surface area contributed by atoms with Crippen LogP contribution in [0.2, 0.25) is 32.2 Å². The van der Waals surface area contributed by atoms with Gasteiger partial charge in [0.25, 0.3) is 0 Å². The van der Waals surface area contributed by atoms with Gasteiger partial charge in [-0.1, -0.05) is 25.3 Å². The monoisotopic (exact) mass is 270 g/mol. The van der Waals surface area contributed by atoms with E-state index in [4.69, 9.17) is 4.43 Å². The Hall–Kier alpha value is 0.0906. The van der Waals surface area contributed by atoms with Gasteiger partial charge in [0.2, 0.25) is 0 Å². The highest BCUT2D eigenvalue weighted by atomic mass is 29.6. The summed E-state index contributed by atoms with van der Waals surface area (Å²) in [7, 11) is -4.47. The van der Waals surface area contributed by atoms with Crippen LogP contribution in [-0.4, -0.2) is 28.1 Å². The smallest absolute Gasteiger partial charge is 0.197 e. The van der Waals surface area contributed by atoms with Gasteiger partial charge < -0.3 is 4.43 Å². The Morgan fingerprint density at radius 2 is 1.56 bits per heavy atom. The van der Waals surface area contributed by atoms with Crippen LogP contribution in [0.25, 0.3) is 0 Å². The molecule has 4 heteroatoms. The van der Waals surface area contributed by atoms with Gasteiger partial charge in [-0.05, 0) is 26.4 Å². The van der Waals surface area contributed by atoms with Crippen LogP contribution in [0.3, 0.4) is 0 Å². The molecule has 0 aromatic carbocycles.